The monoisotopic (exact) mass is 536 g/mol. The zero-order valence-corrected chi connectivity index (χ0v) is 23.8. The number of ether oxygens (including phenoxy) is 1. The van der Waals surface area contributed by atoms with E-state index < -0.39 is 6.10 Å². The molecule has 6 nitrogen and oxygen atoms in total. The van der Waals surface area contributed by atoms with Crippen molar-refractivity contribution in [1.82, 2.24) is 10.6 Å². The van der Waals surface area contributed by atoms with E-state index in [2.05, 4.69) is 78.3 Å². The molecule has 6 heteroatoms. The smallest absolute Gasteiger partial charge is 0.255 e. The van der Waals surface area contributed by atoms with Gasteiger partial charge < -0.3 is 20.5 Å². The summed E-state index contributed by atoms with van der Waals surface area (Å²) in [5.41, 5.74) is 0.211. The van der Waals surface area contributed by atoms with Gasteiger partial charge >= 0.3 is 0 Å². The predicted octanol–water partition coefficient (Wildman–Crippen LogP) is 6.96. The van der Waals surface area contributed by atoms with Gasteiger partial charge in [-0.2, -0.15) is 0 Å². The lowest BCUT2D eigenvalue weighted by Gasteiger charge is -2.16. The number of para-hydroxylation sites is 1. The Balaban J connectivity index is 2.05. The van der Waals surface area contributed by atoms with Gasteiger partial charge in [-0.1, -0.05) is 86.7 Å². The van der Waals surface area contributed by atoms with Crippen LogP contribution in [0.1, 0.15) is 82.0 Å². The van der Waals surface area contributed by atoms with Gasteiger partial charge in [0.1, 0.15) is 11.9 Å². The minimum Gasteiger partial charge on any atom is -0.507 e. The third-order valence-electron chi connectivity index (χ3n) is 5.76. The highest BCUT2D eigenvalue weighted by atomic mass is 16.5. The Morgan fingerprint density at radius 2 is 1.36 bits per heavy atom. The molecule has 0 aliphatic carbocycles. The van der Waals surface area contributed by atoms with Gasteiger partial charge in [0.2, 0.25) is 5.91 Å². The van der Waals surface area contributed by atoms with Crippen LogP contribution >= 0.6 is 0 Å². The van der Waals surface area contributed by atoms with E-state index in [1.54, 1.807) is 18.2 Å². The first-order chi connectivity index (χ1) is 19.1. The number of phenols is 1. The number of carbonyl (C=O) groups excluding carboxylic acids is 2. The minimum absolute atomic E-state index is 0.0696. The van der Waals surface area contributed by atoms with E-state index in [0.717, 1.165) is 51.4 Å². The summed E-state index contributed by atoms with van der Waals surface area (Å²) in [5.74, 6) is -0.620. The standard InChI is InChI=1S/C33H48N2O4/c1-3-5-6-7-8-9-10-11-12-13-14-15-16-17-18-19-20-23-28-39-31(4-2)33(38)35-27-26-34-32(37)29-24-21-22-25-30(29)36/h5-6,8-9,11-12,14-15,17-18,21-22,24-25,31,36H,3-4,7,10,13,16,19-20,23,26-28H2,1-2H3,(H,34,37)(H,35,38)/b6-5-,9-8-,12-11-,15-14-,18-17-/t31-/m0/s1. The molecule has 0 saturated carbocycles. The second-order valence-electron chi connectivity index (χ2n) is 9.04. The van der Waals surface area contributed by atoms with Crippen molar-refractivity contribution in [3.63, 3.8) is 0 Å². The Labute approximate surface area is 235 Å². The molecule has 0 aliphatic heterocycles. The molecule has 1 atom stereocenters. The van der Waals surface area contributed by atoms with Gasteiger partial charge in [0, 0.05) is 19.7 Å². The fourth-order valence-electron chi connectivity index (χ4n) is 3.57. The fourth-order valence-corrected chi connectivity index (χ4v) is 3.57. The Hall–Kier alpha value is -3.38. The van der Waals surface area contributed by atoms with Crippen LogP contribution in [0.2, 0.25) is 0 Å². The first-order valence-corrected chi connectivity index (χ1v) is 14.3. The highest BCUT2D eigenvalue weighted by molar-refractivity contribution is 5.96. The van der Waals surface area contributed by atoms with Gasteiger partial charge in [0.15, 0.2) is 0 Å². The maximum atomic E-state index is 12.4. The molecule has 0 aliphatic rings. The summed E-state index contributed by atoms with van der Waals surface area (Å²) >= 11 is 0. The third kappa shape index (κ3) is 17.7. The number of benzene rings is 1. The van der Waals surface area contributed by atoms with Crippen LogP contribution < -0.4 is 10.6 Å². The second-order valence-corrected chi connectivity index (χ2v) is 9.04. The molecule has 0 unspecified atom stereocenters. The van der Waals surface area contributed by atoms with Crippen LogP contribution in [0.25, 0.3) is 0 Å². The summed E-state index contributed by atoms with van der Waals surface area (Å²) in [7, 11) is 0. The van der Waals surface area contributed by atoms with E-state index >= 15 is 0 Å². The van der Waals surface area contributed by atoms with Crippen molar-refractivity contribution < 1.29 is 19.4 Å². The highest BCUT2D eigenvalue weighted by Gasteiger charge is 2.16. The molecule has 0 saturated heterocycles. The molecule has 1 aromatic rings. The largest absolute Gasteiger partial charge is 0.507 e. The molecule has 0 aromatic heterocycles. The van der Waals surface area contributed by atoms with Gasteiger partial charge in [-0.05, 0) is 69.9 Å². The third-order valence-corrected chi connectivity index (χ3v) is 5.76. The van der Waals surface area contributed by atoms with E-state index in [1.165, 1.54) is 6.07 Å². The molecule has 1 aromatic carbocycles. The molecule has 0 heterocycles. The van der Waals surface area contributed by atoms with Gasteiger partial charge in [-0.3, -0.25) is 9.59 Å². The lowest BCUT2D eigenvalue weighted by molar-refractivity contribution is -0.133. The number of phenolic OH excluding ortho intramolecular Hbond substituents is 1. The van der Waals surface area contributed by atoms with Crippen molar-refractivity contribution in [3.8, 4) is 5.75 Å². The molecule has 0 spiro atoms. The zero-order chi connectivity index (χ0) is 28.4. The Morgan fingerprint density at radius 1 is 0.795 bits per heavy atom. The van der Waals surface area contributed by atoms with Crippen LogP contribution in [0, 0.1) is 0 Å². The summed E-state index contributed by atoms with van der Waals surface area (Å²) in [4.78, 5) is 24.4. The van der Waals surface area contributed by atoms with E-state index in [-0.39, 0.29) is 29.7 Å². The maximum Gasteiger partial charge on any atom is 0.255 e. The molecule has 39 heavy (non-hydrogen) atoms. The number of unbranched alkanes of at least 4 members (excludes halogenated alkanes) is 2. The average molecular weight is 537 g/mol. The van der Waals surface area contributed by atoms with Crippen LogP contribution in [0.15, 0.2) is 85.0 Å². The summed E-state index contributed by atoms with van der Waals surface area (Å²) in [6, 6.07) is 6.35. The number of allylic oxidation sites excluding steroid dienone is 10. The molecule has 3 N–H and O–H groups in total. The molecular formula is C33H48N2O4. The van der Waals surface area contributed by atoms with E-state index in [4.69, 9.17) is 4.74 Å². The van der Waals surface area contributed by atoms with Crippen LogP contribution in [-0.4, -0.2) is 42.7 Å². The first-order valence-electron chi connectivity index (χ1n) is 14.3. The summed E-state index contributed by atoms with van der Waals surface area (Å²) in [6.07, 6.45) is 30.0. The maximum absolute atomic E-state index is 12.4. The van der Waals surface area contributed by atoms with Crippen LogP contribution in [0.3, 0.4) is 0 Å². The summed E-state index contributed by atoms with van der Waals surface area (Å²) in [6.45, 7) is 5.17. The highest BCUT2D eigenvalue weighted by Crippen LogP contribution is 2.14. The number of rotatable bonds is 21. The zero-order valence-electron chi connectivity index (χ0n) is 23.8. The number of carbonyl (C=O) groups is 2. The van der Waals surface area contributed by atoms with Gasteiger partial charge in [-0.15, -0.1) is 0 Å². The van der Waals surface area contributed by atoms with Crippen LogP contribution in [-0.2, 0) is 9.53 Å². The SMILES string of the molecule is CC/C=C\C/C=C\C/C=C\C/C=C\C/C=C\CCCCO[C@@H](CC)C(=O)NCCNC(=O)c1ccccc1O. The van der Waals surface area contributed by atoms with Gasteiger partial charge in [0.05, 0.1) is 5.56 Å². The molecular weight excluding hydrogens is 488 g/mol. The Kier molecular flexibility index (Phi) is 20.5. The number of aromatic hydroxyl groups is 1. The number of hydrogen-bond acceptors (Lipinski definition) is 4. The lowest BCUT2D eigenvalue weighted by atomic mass is 10.2. The number of nitrogens with one attached hydrogen (secondary N) is 2. The number of amides is 2. The van der Waals surface area contributed by atoms with Crippen molar-refractivity contribution in [1.29, 1.82) is 0 Å². The molecule has 1 rings (SSSR count). The Morgan fingerprint density at radius 3 is 1.95 bits per heavy atom. The van der Waals surface area contributed by atoms with E-state index in [0.29, 0.717) is 19.6 Å². The van der Waals surface area contributed by atoms with Crippen LogP contribution in [0.4, 0.5) is 0 Å². The topological polar surface area (TPSA) is 87.7 Å². The molecule has 0 fully saturated rings. The van der Waals surface area contributed by atoms with Gasteiger partial charge in [0.25, 0.3) is 5.91 Å². The van der Waals surface area contributed by atoms with Crippen molar-refractivity contribution >= 4 is 11.8 Å². The van der Waals surface area contributed by atoms with Crippen molar-refractivity contribution in [2.75, 3.05) is 19.7 Å². The summed E-state index contributed by atoms with van der Waals surface area (Å²) < 4.78 is 5.76. The second kappa shape index (κ2) is 23.7. The van der Waals surface area contributed by atoms with Crippen molar-refractivity contribution in [2.24, 2.45) is 0 Å². The first kappa shape index (κ1) is 33.6. The van der Waals surface area contributed by atoms with Crippen molar-refractivity contribution in [3.05, 3.63) is 90.6 Å². The molecule has 0 radical (unpaired) electrons. The van der Waals surface area contributed by atoms with Crippen molar-refractivity contribution in [2.45, 2.75) is 77.7 Å². The van der Waals surface area contributed by atoms with E-state index in [1.807, 2.05) is 6.92 Å². The normalized spacial score (nSPS) is 12.9. The molecule has 0 bridgehead atoms. The quantitative estimate of drug-likeness (QED) is 0.117. The summed E-state index contributed by atoms with van der Waals surface area (Å²) in [5, 5.41) is 15.2. The average Bonchev–Trinajstić information content (AvgIpc) is 2.94. The number of hydrogen-bond donors (Lipinski definition) is 3. The minimum atomic E-state index is -0.493. The fraction of sp³-hybridized carbons (Fsp3) is 0.455. The van der Waals surface area contributed by atoms with E-state index in [9.17, 15) is 14.7 Å². The lowest BCUT2D eigenvalue weighted by Crippen LogP contribution is -2.40. The Bertz CT molecular complexity index is 947. The van der Waals surface area contributed by atoms with Gasteiger partial charge in [-0.25, -0.2) is 0 Å². The van der Waals surface area contributed by atoms with Crippen LogP contribution in [0.5, 0.6) is 5.75 Å². The predicted molar refractivity (Wildman–Crippen MR) is 162 cm³/mol. The molecule has 214 valence electrons. The molecule has 2 amide bonds.